The minimum Gasteiger partial charge on any atom is -0.380 e. The van der Waals surface area contributed by atoms with Crippen LogP contribution in [0.15, 0.2) is 0 Å². The van der Waals surface area contributed by atoms with E-state index in [2.05, 4.69) is 10.6 Å². The van der Waals surface area contributed by atoms with Crippen LogP contribution in [0, 0.1) is 0 Å². The largest absolute Gasteiger partial charge is 0.380 e. The molecule has 1 saturated heterocycles. The third-order valence-electron chi connectivity index (χ3n) is 2.65. The first kappa shape index (κ1) is 13.6. The lowest BCUT2D eigenvalue weighted by atomic mass is 10.2. The number of rotatable bonds is 6. The molecule has 3 unspecified atom stereocenters. The summed E-state index contributed by atoms with van der Waals surface area (Å²) in [6.07, 6.45) is 3.29. The van der Waals surface area contributed by atoms with E-state index in [1.165, 1.54) is 0 Å². The summed E-state index contributed by atoms with van der Waals surface area (Å²) >= 11 is 0. The lowest BCUT2D eigenvalue weighted by molar-refractivity contribution is -0.122. The van der Waals surface area contributed by atoms with Gasteiger partial charge < -0.3 is 15.4 Å². The Morgan fingerprint density at radius 1 is 1.62 bits per heavy atom. The zero-order valence-electron chi connectivity index (χ0n) is 9.82. The Hall–Kier alpha value is -0.460. The maximum absolute atomic E-state index is 11.6. The van der Waals surface area contributed by atoms with Gasteiger partial charge in [-0.05, 0) is 12.8 Å². The van der Waals surface area contributed by atoms with Gasteiger partial charge in [0.05, 0.1) is 12.1 Å². The monoisotopic (exact) mass is 248 g/mol. The van der Waals surface area contributed by atoms with Crippen molar-refractivity contribution in [2.75, 3.05) is 32.2 Å². The second-order valence-corrected chi connectivity index (χ2v) is 5.53. The van der Waals surface area contributed by atoms with Crippen LogP contribution < -0.4 is 10.6 Å². The molecule has 1 fully saturated rings. The molecule has 1 aliphatic rings. The van der Waals surface area contributed by atoms with Crippen molar-refractivity contribution < 1.29 is 13.7 Å². The highest BCUT2D eigenvalue weighted by atomic mass is 32.2. The summed E-state index contributed by atoms with van der Waals surface area (Å²) in [7, 11) is 0.880. The summed E-state index contributed by atoms with van der Waals surface area (Å²) in [6, 6.07) is -0.142. The second-order valence-electron chi connectivity index (χ2n) is 3.98. The molecule has 1 aliphatic heterocycles. The minimum absolute atomic E-state index is 0.0152. The van der Waals surface area contributed by atoms with Gasteiger partial charge in [0.1, 0.15) is 0 Å². The van der Waals surface area contributed by atoms with E-state index in [1.807, 2.05) is 0 Å². The number of amides is 1. The van der Waals surface area contributed by atoms with Crippen molar-refractivity contribution in [3.05, 3.63) is 0 Å². The van der Waals surface area contributed by atoms with Crippen LogP contribution in [0.1, 0.15) is 12.8 Å². The summed E-state index contributed by atoms with van der Waals surface area (Å²) in [5, 5.41) is 5.94. The number of methoxy groups -OCH3 is 1. The molecule has 0 aromatic rings. The molecule has 0 spiro atoms. The number of ether oxygens (including phenoxy) is 1. The molecule has 5 nitrogen and oxygen atoms in total. The highest BCUT2D eigenvalue weighted by Crippen LogP contribution is 2.09. The number of carbonyl (C=O) groups excluding carboxylic acids is 1. The molecule has 16 heavy (non-hydrogen) atoms. The van der Waals surface area contributed by atoms with E-state index in [1.54, 1.807) is 13.4 Å². The quantitative estimate of drug-likeness (QED) is 0.607. The summed E-state index contributed by atoms with van der Waals surface area (Å²) in [5.74, 6) is 0.653. The standard InChI is InChI=1S/C10H20N2O3S/c1-15-8-6-9(12-7-8)10(13)11-4-3-5-16(2)14/h8-9,12H,3-7H2,1-2H3,(H,11,13). The van der Waals surface area contributed by atoms with E-state index < -0.39 is 10.8 Å². The number of carbonyl (C=O) groups is 1. The molecule has 0 saturated carbocycles. The van der Waals surface area contributed by atoms with Crippen molar-refractivity contribution in [2.45, 2.75) is 25.0 Å². The van der Waals surface area contributed by atoms with E-state index >= 15 is 0 Å². The van der Waals surface area contributed by atoms with E-state index in [9.17, 15) is 9.00 Å². The van der Waals surface area contributed by atoms with Crippen LogP contribution in [-0.2, 0) is 20.3 Å². The summed E-state index contributed by atoms with van der Waals surface area (Å²) < 4.78 is 16.0. The molecule has 1 heterocycles. The van der Waals surface area contributed by atoms with Crippen LogP contribution in [0.2, 0.25) is 0 Å². The van der Waals surface area contributed by atoms with Crippen LogP contribution in [0.5, 0.6) is 0 Å². The highest BCUT2D eigenvalue weighted by Gasteiger charge is 2.28. The summed E-state index contributed by atoms with van der Waals surface area (Å²) in [5.41, 5.74) is 0. The van der Waals surface area contributed by atoms with Gasteiger partial charge in [-0.3, -0.25) is 9.00 Å². The summed E-state index contributed by atoms with van der Waals surface area (Å²) in [6.45, 7) is 1.32. The molecule has 3 atom stereocenters. The molecular formula is C10H20N2O3S. The van der Waals surface area contributed by atoms with Crippen LogP contribution >= 0.6 is 0 Å². The van der Waals surface area contributed by atoms with Crippen molar-refractivity contribution in [3.63, 3.8) is 0 Å². The third kappa shape index (κ3) is 4.59. The lowest BCUT2D eigenvalue weighted by Gasteiger charge is -2.10. The first-order valence-electron chi connectivity index (χ1n) is 5.47. The Bertz CT molecular complexity index is 260. The Kier molecular flexibility index (Phi) is 5.94. The van der Waals surface area contributed by atoms with Crippen molar-refractivity contribution in [2.24, 2.45) is 0 Å². The van der Waals surface area contributed by atoms with Gasteiger partial charge in [0.2, 0.25) is 5.91 Å². The third-order valence-corrected chi connectivity index (χ3v) is 3.51. The normalized spacial score (nSPS) is 26.6. The van der Waals surface area contributed by atoms with E-state index in [0.29, 0.717) is 12.3 Å². The molecule has 1 rings (SSSR count). The number of hydrogen-bond acceptors (Lipinski definition) is 4. The van der Waals surface area contributed by atoms with Gasteiger partial charge in [0.15, 0.2) is 0 Å². The summed E-state index contributed by atoms with van der Waals surface area (Å²) in [4.78, 5) is 11.6. The molecule has 0 aromatic carbocycles. The fourth-order valence-electron chi connectivity index (χ4n) is 1.69. The van der Waals surface area contributed by atoms with Gasteiger partial charge >= 0.3 is 0 Å². The van der Waals surface area contributed by atoms with Gasteiger partial charge in [-0.15, -0.1) is 0 Å². The minimum atomic E-state index is -0.776. The second kappa shape index (κ2) is 6.98. The Labute approximate surface area is 98.8 Å². The van der Waals surface area contributed by atoms with Crippen LogP contribution in [0.4, 0.5) is 0 Å². The first-order valence-corrected chi connectivity index (χ1v) is 7.20. The lowest BCUT2D eigenvalue weighted by Crippen LogP contribution is -2.40. The smallest absolute Gasteiger partial charge is 0.237 e. The van der Waals surface area contributed by atoms with E-state index in [-0.39, 0.29) is 18.1 Å². The average molecular weight is 248 g/mol. The van der Waals surface area contributed by atoms with Gasteiger partial charge in [0.25, 0.3) is 0 Å². The van der Waals surface area contributed by atoms with Gasteiger partial charge in [-0.25, -0.2) is 0 Å². The predicted octanol–water partition coefficient (Wildman–Crippen LogP) is -0.752. The maximum Gasteiger partial charge on any atom is 0.237 e. The van der Waals surface area contributed by atoms with Crippen molar-refractivity contribution in [1.82, 2.24) is 10.6 Å². The van der Waals surface area contributed by atoms with Gasteiger partial charge in [-0.2, -0.15) is 0 Å². The molecule has 1 amide bonds. The van der Waals surface area contributed by atoms with Crippen LogP contribution in [0.3, 0.4) is 0 Å². The first-order chi connectivity index (χ1) is 7.63. The Balaban J connectivity index is 2.13. The van der Waals surface area contributed by atoms with E-state index in [4.69, 9.17) is 4.74 Å². The molecule has 0 radical (unpaired) electrons. The zero-order chi connectivity index (χ0) is 12.0. The molecule has 0 bridgehead atoms. The fourth-order valence-corrected chi connectivity index (χ4v) is 2.24. The molecule has 6 heteroatoms. The Morgan fingerprint density at radius 3 is 2.94 bits per heavy atom. The van der Waals surface area contributed by atoms with Crippen LogP contribution in [-0.4, -0.2) is 54.5 Å². The molecular weight excluding hydrogens is 228 g/mol. The molecule has 94 valence electrons. The highest BCUT2D eigenvalue weighted by molar-refractivity contribution is 7.84. The Morgan fingerprint density at radius 2 is 2.38 bits per heavy atom. The molecule has 2 N–H and O–H groups in total. The van der Waals surface area contributed by atoms with Crippen molar-refractivity contribution in [3.8, 4) is 0 Å². The average Bonchev–Trinajstić information content (AvgIpc) is 2.72. The SMILES string of the molecule is COC1CNC(C(=O)NCCCS(C)=O)C1. The number of hydrogen-bond donors (Lipinski definition) is 2. The number of nitrogens with one attached hydrogen (secondary N) is 2. The zero-order valence-corrected chi connectivity index (χ0v) is 10.6. The molecule has 0 aliphatic carbocycles. The topological polar surface area (TPSA) is 67.4 Å². The van der Waals surface area contributed by atoms with Gasteiger partial charge in [-0.1, -0.05) is 0 Å². The fraction of sp³-hybridized carbons (Fsp3) is 0.900. The molecule has 0 aromatic heterocycles. The van der Waals surface area contributed by atoms with Crippen molar-refractivity contribution >= 4 is 16.7 Å². The maximum atomic E-state index is 11.6. The predicted molar refractivity (Wildman–Crippen MR) is 63.8 cm³/mol. The van der Waals surface area contributed by atoms with Crippen molar-refractivity contribution in [1.29, 1.82) is 0 Å². The van der Waals surface area contributed by atoms with Gasteiger partial charge in [0, 0.05) is 43.0 Å². The van der Waals surface area contributed by atoms with Crippen LogP contribution in [0.25, 0.3) is 0 Å². The van der Waals surface area contributed by atoms with E-state index in [0.717, 1.165) is 19.4 Å².